The molecular formula is C14H14O4. The number of fused-ring (bicyclic) bond motifs is 1. The molecule has 0 saturated heterocycles. The molecule has 0 bridgehead atoms. The lowest BCUT2D eigenvalue weighted by Crippen LogP contribution is -2.07. The monoisotopic (exact) mass is 246 g/mol. The van der Waals surface area contributed by atoms with Gasteiger partial charge in [-0.25, -0.2) is 4.79 Å². The molecule has 4 nitrogen and oxygen atoms in total. The number of carbonyl (C=O) groups is 1. The van der Waals surface area contributed by atoms with Gasteiger partial charge in [-0.2, -0.15) is 0 Å². The second-order valence-corrected chi connectivity index (χ2v) is 3.72. The molecule has 0 amide bonds. The highest BCUT2D eigenvalue weighted by molar-refractivity contribution is 6.06. The molecule has 1 N–H and O–H groups in total. The van der Waals surface area contributed by atoms with Crippen LogP contribution >= 0.6 is 0 Å². The first-order chi connectivity index (χ1) is 8.74. The van der Waals surface area contributed by atoms with E-state index in [-0.39, 0.29) is 12.4 Å². The molecule has 4 heteroatoms. The lowest BCUT2D eigenvalue weighted by Gasteiger charge is -2.11. The molecule has 0 aliphatic rings. The Morgan fingerprint density at radius 2 is 2.00 bits per heavy atom. The van der Waals surface area contributed by atoms with E-state index in [0.717, 1.165) is 5.39 Å². The maximum absolute atomic E-state index is 11.3. The minimum atomic E-state index is -1.00. The Labute approximate surface area is 105 Å². The number of carboxylic acid groups (broad SMARTS) is 1. The van der Waals surface area contributed by atoms with Crippen LogP contribution in [0.1, 0.15) is 17.3 Å². The predicted octanol–water partition coefficient (Wildman–Crippen LogP) is 2.91. The van der Waals surface area contributed by atoms with Crippen molar-refractivity contribution in [2.45, 2.75) is 6.92 Å². The number of rotatable bonds is 5. The van der Waals surface area contributed by atoms with Crippen LogP contribution in [0.5, 0.6) is 5.75 Å². The van der Waals surface area contributed by atoms with Gasteiger partial charge < -0.3 is 14.6 Å². The lowest BCUT2D eigenvalue weighted by molar-refractivity contribution is 0.0215. The molecule has 0 saturated carbocycles. The van der Waals surface area contributed by atoms with Crippen LogP contribution in [0.15, 0.2) is 36.4 Å². The Kier molecular flexibility index (Phi) is 3.79. The van der Waals surface area contributed by atoms with Gasteiger partial charge in [0, 0.05) is 6.61 Å². The molecule has 0 radical (unpaired) electrons. The summed E-state index contributed by atoms with van der Waals surface area (Å²) in [5.74, 6) is -0.673. The second kappa shape index (κ2) is 5.51. The molecular weight excluding hydrogens is 232 g/mol. The maximum atomic E-state index is 11.3. The summed E-state index contributed by atoms with van der Waals surface area (Å²) < 4.78 is 10.4. The average Bonchev–Trinajstić information content (AvgIpc) is 2.38. The van der Waals surface area contributed by atoms with Crippen molar-refractivity contribution in [1.82, 2.24) is 0 Å². The predicted molar refractivity (Wildman–Crippen MR) is 68.0 cm³/mol. The van der Waals surface area contributed by atoms with Crippen molar-refractivity contribution in [3.63, 3.8) is 0 Å². The molecule has 0 atom stereocenters. The van der Waals surface area contributed by atoms with E-state index in [1.54, 1.807) is 18.2 Å². The standard InChI is InChI=1S/C14H14O4/c1-2-17-9-18-12-8-7-10-5-3-4-6-11(10)13(12)14(15)16/h3-8H,2,9H2,1H3,(H,15,16). The molecule has 2 aromatic rings. The smallest absolute Gasteiger partial charge is 0.340 e. The molecule has 0 heterocycles. The highest BCUT2D eigenvalue weighted by atomic mass is 16.7. The SMILES string of the molecule is CCOCOc1ccc2ccccc2c1C(=O)O. The van der Waals surface area contributed by atoms with Gasteiger partial charge in [-0.3, -0.25) is 0 Å². The third-order valence-corrected chi connectivity index (χ3v) is 2.61. The van der Waals surface area contributed by atoms with Gasteiger partial charge in [-0.05, 0) is 23.8 Å². The topological polar surface area (TPSA) is 55.8 Å². The third kappa shape index (κ3) is 2.43. The van der Waals surface area contributed by atoms with E-state index in [0.29, 0.717) is 17.7 Å². The second-order valence-electron chi connectivity index (χ2n) is 3.72. The fourth-order valence-corrected chi connectivity index (χ4v) is 1.78. The van der Waals surface area contributed by atoms with Gasteiger partial charge >= 0.3 is 5.97 Å². The number of aromatic carboxylic acids is 1. The van der Waals surface area contributed by atoms with Crippen molar-refractivity contribution < 1.29 is 19.4 Å². The van der Waals surface area contributed by atoms with Crippen LogP contribution in [0.25, 0.3) is 10.8 Å². The van der Waals surface area contributed by atoms with E-state index < -0.39 is 5.97 Å². The normalized spacial score (nSPS) is 10.5. The highest BCUT2D eigenvalue weighted by Gasteiger charge is 2.15. The summed E-state index contributed by atoms with van der Waals surface area (Å²) in [6.45, 7) is 2.42. The van der Waals surface area contributed by atoms with Crippen LogP contribution in [0.3, 0.4) is 0 Å². The molecule has 2 aromatic carbocycles. The zero-order valence-electron chi connectivity index (χ0n) is 10.1. The lowest BCUT2D eigenvalue weighted by atomic mass is 10.0. The van der Waals surface area contributed by atoms with Crippen molar-refractivity contribution >= 4 is 16.7 Å². The fraction of sp³-hybridized carbons (Fsp3) is 0.214. The zero-order chi connectivity index (χ0) is 13.0. The van der Waals surface area contributed by atoms with Crippen molar-refractivity contribution in [3.8, 4) is 5.75 Å². The first kappa shape index (κ1) is 12.4. The van der Waals surface area contributed by atoms with Crippen molar-refractivity contribution in [1.29, 1.82) is 0 Å². The van der Waals surface area contributed by atoms with Crippen LogP contribution in [0, 0.1) is 0 Å². The summed E-state index contributed by atoms with van der Waals surface area (Å²) in [6.07, 6.45) is 0. The molecule has 0 unspecified atom stereocenters. The molecule has 0 fully saturated rings. The van der Waals surface area contributed by atoms with Crippen molar-refractivity contribution in [3.05, 3.63) is 42.0 Å². The van der Waals surface area contributed by atoms with Gasteiger partial charge in [-0.15, -0.1) is 0 Å². The molecule has 0 aliphatic carbocycles. The summed E-state index contributed by atoms with van der Waals surface area (Å²) in [6, 6.07) is 10.8. The van der Waals surface area contributed by atoms with Crippen molar-refractivity contribution in [2.24, 2.45) is 0 Å². The minimum Gasteiger partial charge on any atom is -0.478 e. The quantitative estimate of drug-likeness (QED) is 0.651. The Morgan fingerprint density at radius 3 is 2.72 bits per heavy atom. The Hall–Kier alpha value is -2.07. The Balaban J connectivity index is 2.46. The van der Waals surface area contributed by atoms with E-state index in [1.165, 1.54) is 0 Å². The van der Waals surface area contributed by atoms with Crippen LogP contribution in [-0.4, -0.2) is 24.5 Å². The molecule has 94 valence electrons. The van der Waals surface area contributed by atoms with E-state index in [4.69, 9.17) is 9.47 Å². The van der Waals surface area contributed by atoms with E-state index in [2.05, 4.69) is 0 Å². The molecule has 2 rings (SSSR count). The summed E-state index contributed by atoms with van der Waals surface area (Å²) in [4.78, 5) is 11.3. The van der Waals surface area contributed by atoms with E-state index >= 15 is 0 Å². The maximum Gasteiger partial charge on any atom is 0.340 e. The first-order valence-corrected chi connectivity index (χ1v) is 5.69. The summed E-state index contributed by atoms with van der Waals surface area (Å²) in [7, 11) is 0. The fourth-order valence-electron chi connectivity index (χ4n) is 1.78. The number of hydrogen-bond donors (Lipinski definition) is 1. The van der Waals surface area contributed by atoms with Crippen LogP contribution in [-0.2, 0) is 4.74 Å². The van der Waals surface area contributed by atoms with Crippen LogP contribution in [0.4, 0.5) is 0 Å². The minimum absolute atomic E-state index is 0.0507. The number of hydrogen-bond acceptors (Lipinski definition) is 3. The van der Waals surface area contributed by atoms with Crippen LogP contribution < -0.4 is 4.74 Å². The summed E-state index contributed by atoms with van der Waals surface area (Å²) in [5.41, 5.74) is 0.174. The molecule has 18 heavy (non-hydrogen) atoms. The molecule has 0 aromatic heterocycles. The largest absolute Gasteiger partial charge is 0.478 e. The number of benzene rings is 2. The Morgan fingerprint density at radius 1 is 1.22 bits per heavy atom. The van der Waals surface area contributed by atoms with E-state index in [9.17, 15) is 9.90 Å². The van der Waals surface area contributed by atoms with Gasteiger partial charge in [0.25, 0.3) is 0 Å². The Bertz CT molecular complexity index is 563. The van der Waals surface area contributed by atoms with Gasteiger partial charge in [-0.1, -0.05) is 30.3 Å². The first-order valence-electron chi connectivity index (χ1n) is 5.69. The zero-order valence-corrected chi connectivity index (χ0v) is 10.1. The third-order valence-electron chi connectivity index (χ3n) is 2.61. The number of ether oxygens (including phenoxy) is 2. The summed E-state index contributed by atoms with van der Waals surface area (Å²) >= 11 is 0. The summed E-state index contributed by atoms with van der Waals surface area (Å²) in [5, 5.41) is 10.8. The highest BCUT2D eigenvalue weighted by Crippen LogP contribution is 2.28. The van der Waals surface area contributed by atoms with Gasteiger partial charge in [0.15, 0.2) is 6.79 Å². The molecule has 0 aliphatic heterocycles. The van der Waals surface area contributed by atoms with Crippen molar-refractivity contribution in [2.75, 3.05) is 13.4 Å². The van der Waals surface area contributed by atoms with Gasteiger partial charge in [0.05, 0.1) is 0 Å². The van der Waals surface area contributed by atoms with E-state index in [1.807, 2.05) is 25.1 Å². The average molecular weight is 246 g/mol. The number of carboxylic acids is 1. The van der Waals surface area contributed by atoms with Gasteiger partial charge in [0.2, 0.25) is 0 Å². The molecule has 0 spiro atoms. The van der Waals surface area contributed by atoms with Crippen LogP contribution in [0.2, 0.25) is 0 Å². The van der Waals surface area contributed by atoms with Gasteiger partial charge in [0.1, 0.15) is 11.3 Å².